The molecule has 0 aromatic carbocycles. The first-order valence-corrected chi connectivity index (χ1v) is 5.72. The molecule has 0 bridgehead atoms. The minimum Gasteiger partial charge on any atom is -0.316 e. The maximum absolute atomic E-state index is 4.05. The van der Waals surface area contributed by atoms with Gasteiger partial charge in [-0.3, -0.25) is 0 Å². The molecule has 1 rings (SSSR count). The summed E-state index contributed by atoms with van der Waals surface area (Å²) in [6.45, 7) is 7.29. The van der Waals surface area contributed by atoms with Gasteiger partial charge in [-0.1, -0.05) is 19.4 Å². The van der Waals surface area contributed by atoms with Crippen molar-refractivity contribution in [2.24, 2.45) is 5.92 Å². The molecule has 0 aromatic heterocycles. The Balaban J connectivity index is 2.14. The molecule has 82 valence electrons. The van der Waals surface area contributed by atoms with E-state index >= 15 is 0 Å². The van der Waals surface area contributed by atoms with Gasteiger partial charge in [-0.25, -0.2) is 0 Å². The molecule has 0 aromatic rings. The highest BCUT2D eigenvalue weighted by molar-refractivity contribution is 4.99. The van der Waals surface area contributed by atoms with E-state index in [-0.39, 0.29) is 0 Å². The van der Waals surface area contributed by atoms with E-state index < -0.39 is 0 Å². The van der Waals surface area contributed by atoms with Gasteiger partial charge in [-0.15, -0.1) is 0 Å². The molecular weight excluding hydrogens is 172 g/mol. The van der Waals surface area contributed by atoms with Crippen LogP contribution in [0.25, 0.3) is 0 Å². The Bertz CT molecular complexity index is 171. The Labute approximate surface area is 88.4 Å². The third-order valence-corrected chi connectivity index (χ3v) is 2.96. The SMILES string of the molecule is C=C(CNC)CN(C)CC1CCCC1. The molecule has 1 aliphatic carbocycles. The van der Waals surface area contributed by atoms with Crippen molar-refractivity contribution in [1.29, 1.82) is 0 Å². The summed E-state index contributed by atoms with van der Waals surface area (Å²) in [5.74, 6) is 0.947. The molecule has 1 saturated carbocycles. The topological polar surface area (TPSA) is 15.3 Å². The van der Waals surface area contributed by atoms with Crippen molar-refractivity contribution in [3.05, 3.63) is 12.2 Å². The lowest BCUT2D eigenvalue weighted by atomic mass is 10.1. The van der Waals surface area contributed by atoms with Crippen LogP contribution >= 0.6 is 0 Å². The number of hydrogen-bond acceptors (Lipinski definition) is 2. The average molecular weight is 196 g/mol. The summed E-state index contributed by atoms with van der Waals surface area (Å²) < 4.78 is 0. The van der Waals surface area contributed by atoms with Gasteiger partial charge in [0, 0.05) is 19.6 Å². The Hall–Kier alpha value is -0.340. The average Bonchev–Trinajstić information content (AvgIpc) is 2.56. The van der Waals surface area contributed by atoms with Crippen LogP contribution in [0, 0.1) is 5.92 Å². The van der Waals surface area contributed by atoms with E-state index in [1.54, 1.807) is 0 Å². The Morgan fingerprint density at radius 1 is 1.43 bits per heavy atom. The third kappa shape index (κ3) is 4.25. The van der Waals surface area contributed by atoms with E-state index in [4.69, 9.17) is 0 Å². The molecule has 1 N–H and O–H groups in total. The van der Waals surface area contributed by atoms with Gasteiger partial charge in [0.2, 0.25) is 0 Å². The van der Waals surface area contributed by atoms with Gasteiger partial charge in [-0.05, 0) is 38.4 Å². The molecule has 0 heterocycles. The van der Waals surface area contributed by atoms with Crippen molar-refractivity contribution in [2.45, 2.75) is 25.7 Å². The first kappa shape index (κ1) is 11.7. The maximum Gasteiger partial charge on any atom is 0.0199 e. The number of rotatable bonds is 6. The molecule has 0 atom stereocenters. The van der Waals surface area contributed by atoms with Crippen LogP contribution in [0.15, 0.2) is 12.2 Å². The second-order valence-corrected chi connectivity index (χ2v) is 4.63. The smallest absolute Gasteiger partial charge is 0.0199 e. The lowest BCUT2D eigenvalue weighted by Crippen LogP contribution is -2.28. The van der Waals surface area contributed by atoms with Gasteiger partial charge in [0.1, 0.15) is 0 Å². The predicted octanol–water partition coefficient (Wildman–Crippen LogP) is 1.88. The van der Waals surface area contributed by atoms with E-state index in [0.29, 0.717) is 0 Å². The van der Waals surface area contributed by atoms with E-state index in [9.17, 15) is 0 Å². The molecule has 2 nitrogen and oxygen atoms in total. The summed E-state index contributed by atoms with van der Waals surface area (Å²) in [5.41, 5.74) is 1.29. The van der Waals surface area contributed by atoms with Gasteiger partial charge < -0.3 is 10.2 Å². The largest absolute Gasteiger partial charge is 0.316 e. The summed E-state index contributed by atoms with van der Waals surface area (Å²) in [6.07, 6.45) is 5.75. The molecule has 0 amide bonds. The van der Waals surface area contributed by atoms with Crippen LogP contribution in [-0.4, -0.2) is 38.6 Å². The Morgan fingerprint density at radius 3 is 2.64 bits per heavy atom. The zero-order valence-electron chi connectivity index (χ0n) is 9.68. The van der Waals surface area contributed by atoms with E-state index in [1.807, 2.05) is 7.05 Å². The first-order chi connectivity index (χ1) is 6.72. The number of hydrogen-bond donors (Lipinski definition) is 1. The van der Waals surface area contributed by atoms with Crippen molar-refractivity contribution in [3.63, 3.8) is 0 Å². The maximum atomic E-state index is 4.05. The summed E-state index contributed by atoms with van der Waals surface area (Å²) in [7, 11) is 4.18. The molecule has 1 aliphatic rings. The fourth-order valence-corrected chi connectivity index (χ4v) is 2.39. The fourth-order valence-electron chi connectivity index (χ4n) is 2.39. The summed E-state index contributed by atoms with van der Waals surface area (Å²) in [6, 6.07) is 0. The second-order valence-electron chi connectivity index (χ2n) is 4.63. The quantitative estimate of drug-likeness (QED) is 0.653. The predicted molar refractivity (Wildman–Crippen MR) is 62.5 cm³/mol. The van der Waals surface area contributed by atoms with Crippen molar-refractivity contribution in [1.82, 2.24) is 10.2 Å². The first-order valence-electron chi connectivity index (χ1n) is 5.72. The molecule has 2 heteroatoms. The van der Waals surface area contributed by atoms with Crippen molar-refractivity contribution >= 4 is 0 Å². The van der Waals surface area contributed by atoms with E-state index in [2.05, 4.69) is 23.8 Å². The molecule has 0 spiro atoms. The number of nitrogens with zero attached hydrogens (tertiary/aromatic N) is 1. The minimum absolute atomic E-state index is 0.939. The normalized spacial score (nSPS) is 17.9. The molecule has 0 saturated heterocycles. The third-order valence-electron chi connectivity index (χ3n) is 2.96. The lowest BCUT2D eigenvalue weighted by Gasteiger charge is -2.21. The van der Waals surface area contributed by atoms with Crippen LogP contribution in [0.2, 0.25) is 0 Å². The van der Waals surface area contributed by atoms with Gasteiger partial charge in [0.05, 0.1) is 0 Å². The standard InChI is InChI=1S/C12H24N2/c1-11(8-13-2)9-14(3)10-12-6-4-5-7-12/h12-13H,1,4-10H2,2-3H3. The fraction of sp³-hybridized carbons (Fsp3) is 0.833. The minimum atomic E-state index is 0.939. The van der Waals surface area contributed by atoms with Crippen LogP contribution in [0.4, 0.5) is 0 Å². The highest BCUT2D eigenvalue weighted by atomic mass is 15.1. The highest BCUT2D eigenvalue weighted by Gasteiger charge is 2.16. The highest BCUT2D eigenvalue weighted by Crippen LogP contribution is 2.25. The zero-order valence-corrected chi connectivity index (χ0v) is 9.68. The van der Waals surface area contributed by atoms with Gasteiger partial charge in [0.15, 0.2) is 0 Å². The summed E-state index contributed by atoms with van der Waals surface area (Å²) >= 11 is 0. The Kier molecular flexibility index (Phi) is 5.20. The van der Waals surface area contributed by atoms with Crippen LogP contribution in [0.5, 0.6) is 0 Å². The second kappa shape index (κ2) is 6.20. The van der Waals surface area contributed by atoms with Crippen LogP contribution in [0.3, 0.4) is 0 Å². The van der Waals surface area contributed by atoms with Crippen molar-refractivity contribution < 1.29 is 0 Å². The summed E-state index contributed by atoms with van der Waals surface area (Å²) in [4.78, 5) is 2.41. The molecular formula is C12H24N2. The van der Waals surface area contributed by atoms with E-state index in [1.165, 1.54) is 37.8 Å². The van der Waals surface area contributed by atoms with Crippen LogP contribution in [0.1, 0.15) is 25.7 Å². The van der Waals surface area contributed by atoms with Crippen molar-refractivity contribution in [2.75, 3.05) is 33.7 Å². The number of likely N-dealkylation sites (N-methyl/N-ethyl adjacent to an activating group) is 2. The van der Waals surface area contributed by atoms with Gasteiger partial charge in [0.25, 0.3) is 0 Å². The molecule has 1 fully saturated rings. The van der Waals surface area contributed by atoms with Crippen molar-refractivity contribution in [3.8, 4) is 0 Å². The molecule has 14 heavy (non-hydrogen) atoms. The molecule has 0 radical (unpaired) electrons. The Morgan fingerprint density at radius 2 is 2.07 bits per heavy atom. The lowest BCUT2D eigenvalue weighted by molar-refractivity contribution is 0.296. The van der Waals surface area contributed by atoms with Crippen LogP contribution in [-0.2, 0) is 0 Å². The molecule has 0 unspecified atom stereocenters. The monoisotopic (exact) mass is 196 g/mol. The van der Waals surface area contributed by atoms with E-state index in [0.717, 1.165) is 19.0 Å². The number of nitrogens with one attached hydrogen (secondary N) is 1. The zero-order chi connectivity index (χ0) is 10.4. The summed E-state index contributed by atoms with van der Waals surface area (Å²) in [5, 5.41) is 3.14. The van der Waals surface area contributed by atoms with Gasteiger partial charge in [-0.2, -0.15) is 0 Å². The van der Waals surface area contributed by atoms with Gasteiger partial charge >= 0.3 is 0 Å². The van der Waals surface area contributed by atoms with Crippen LogP contribution < -0.4 is 5.32 Å². The molecule has 0 aliphatic heterocycles.